The molecule has 26 heavy (non-hydrogen) atoms. The number of aliphatic imine (C=N–C) groups is 1. The Kier molecular flexibility index (Phi) is 3.35. The highest BCUT2D eigenvalue weighted by atomic mass is 19.1. The van der Waals surface area contributed by atoms with Gasteiger partial charge in [0.15, 0.2) is 11.5 Å². The standard InChI is InChI=1S/C21H17FN2O2/c1-13-15-11-19-20(26-10-9-25-19)12-18(15)24-8-4-7-17(24)21(23-13)14-5-2-3-6-16(14)22/h2-8,11-13H,9-10H2,1H3/t13-/m1/s1. The van der Waals surface area contributed by atoms with Crippen molar-refractivity contribution in [2.45, 2.75) is 13.0 Å². The average Bonchev–Trinajstić information content (AvgIpc) is 3.11. The minimum atomic E-state index is -0.275. The molecule has 0 unspecified atom stereocenters. The molecule has 0 amide bonds. The molecule has 3 aromatic rings. The zero-order valence-corrected chi connectivity index (χ0v) is 14.3. The summed E-state index contributed by atoms with van der Waals surface area (Å²) in [6.07, 6.45) is 1.97. The van der Waals surface area contributed by atoms with Crippen molar-refractivity contribution < 1.29 is 13.9 Å². The molecule has 2 aliphatic rings. The number of fused-ring (bicyclic) bond motifs is 4. The molecule has 2 aromatic carbocycles. The molecular formula is C21H17FN2O2. The average molecular weight is 348 g/mol. The summed E-state index contributed by atoms with van der Waals surface area (Å²) in [5, 5.41) is 0. The van der Waals surface area contributed by atoms with Crippen LogP contribution in [0.15, 0.2) is 59.7 Å². The van der Waals surface area contributed by atoms with Crippen LogP contribution in [0.25, 0.3) is 5.69 Å². The molecule has 0 aliphatic carbocycles. The van der Waals surface area contributed by atoms with E-state index >= 15 is 0 Å². The van der Waals surface area contributed by atoms with Crippen molar-refractivity contribution in [1.29, 1.82) is 0 Å². The van der Waals surface area contributed by atoms with Crippen molar-refractivity contribution in [3.8, 4) is 17.2 Å². The maximum Gasteiger partial charge on any atom is 0.163 e. The van der Waals surface area contributed by atoms with E-state index in [9.17, 15) is 4.39 Å². The Labute approximate surface area is 150 Å². The number of hydrogen-bond acceptors (Lipinski definition) is 3. The molecule has 4 nitrogen and oxygen atoms in total. The van der Waals surface area contributed by atoms with Crippen LogP contribution in [0.5, 0.6) is 11.5 Å². The van der Waals surface area contributed by atoms with Gasteiger partial charge in [0.1, 0.15) is 19.0 Å². The van der Waals surface area contributed by atoms with Crippen molar-refractivity contribution in [1.82, 2.24) is 4.57 Å². The molecule has 1 aromatic heterocycles. The van der Waals surface area contributed by atoms with Crippen LogP contribution in [-0.2, 0) is 0 Å². The molecule has 1 atom stereocenters. The largest absolute Gasteiger partial charge is 0.486 e. The van der Waals surface area contributed by atoms with E-state index in [2.05, 4.69) is 0 Å². The van der Waals surface area contributed by atoms with Crippen LogP contribution in [-0.4, -0.2) is 23.5 Å². The van der Waals surface area contributed by atoms with E-state index in [0.29, 0.717) is 24.5 Å². The van der Waals surface area contributed by atoms with Gasteiger partial charge in [-0.25, -0.2) is 4.39 Å². The number of benzene rings is 2. The number of nitrogens with zero attached hydrogens (tertiary/aromatic N) is 2. The van der Waals surface area contributed by atoms with E-state index in [1.165, 1.54) is 6.07 Å². The van der Waals surface area contributed by atoms with Gasteiger partial charge in [0, 0.05) is 23.4 Å². The summed E-state index contributed by atoms with van der Waals surface area (Å²) in [6, 6.07) is 14.5. The van der Waals surface area contributed by atoms with E-state index in [1.54, 1.807) is 12.1 Å². The van der Waals surface area contributed by atoms with E-state index in [1.807, 2.05) is 48.0 Å². The van der Waals surface area contributed by atoms with Gasteiger partial charge in [0.05, 0.1) is 23.1 Å². The van der Waals surface area contributed by atoms with Crippen LogP contribution in [0.2, 0.25) is 0 Å². The first kappa shape index (κ1) is 15.2. The molecule has 0 N–H and O–H groups in total. The molecule has 0 saturated carbocycles. The predicted molar refractivity (Wildman–Crippen MR) is 97.2 cm³/mol. The zero-order valence-electron chi connectivity index (χ0n) is 14.3. The predicted octanol–water partition coefficient (Wildman–Crippen LogP) is 4.30. The van der Waals surface area contributed by atoms with Crippen molar-refractivity contribution in [3.05, 3.63) is 77.4 Å². The SMILES string of the molecule is C[C@H]1N=C(c2ccccc2F)c2cccn2-c2cc3c(cc21)OCCO3. The molecule has 5 rings (SSSR count). The topological polar surface area (TPSA) is 35.8 Å². The van der Waals surface area contributed by atoms with Crippen molar-refractivity contribution in [2.24, 2.45) is 4.99 Å². The number of hydrogen-bond donors (Lipinski definition) is 0. The molecule has 0 saturated heterocycles. The van der Waals surface area contributed by atoms with Crippen molar-refractivity contribution >= 4 is 5.71 Å². The minimum Gasteiger partial charge on any atom is -0.486 e. The Morgan fingerprint density at radius 1 is 1.04 bits per heavy atom. The van der Waals surface area contributed by atoms with Gasteiger partial charge in [-0.1, -0.05) is 12.1 Å². The second kappa shape index (κ2) is 5.73. The maximum atomic E-state index is 14.5. The lowest BCUT2D eigenvalue weighted by atomic mass is 10.0. The summed E-state index contributed by atoms with van der Waals surface area (Å²) in [5.74, 6) is 1.19. The monoisotopic (exact) mass is 348 g/mol. The molecule has 3 heterocycles. The van der Waals surface area contributed by atoms with Gasteiger partial charge in [0.25, 0.3) is 0 Å². The molecule has 0 bridgehead atoms. The summed E-state index contributed by atoms with van der Waals surface area (Å²) in [5.41, 5.74) is 4.02. The third-order valence-corrected chi connectivity index (χ3v) is 4.84. The Balaban J connectivity index is 1.76. The number of aromatic nitrogens is 1. The smallest absolute Gasteiger partial charge is 0.163 e. The fraction of sp³-hybridized carbons (Fsp3) is 0.190. The number of halogens is 1. The highest BCUT2D eigenvalue weighted by Crippen LogP contribution is 2.40. The van der Waals surface area contributed by atoms with Crippen molar-refractivity contribution in [2.75, 3.05) is 13.2 Å². The lowest BCUT2D eigenvalue weighted by Crippen LogP contribution is -2.16. The fourth-order valence-electron chi connectivity index (χ4n) is 3.61. The van der Waals surface area contributed by atoms with Gasteiger partial charge < -0.3 is 14.0 Å². The van der Waals surface area contributed by atoms with E-state index < -0.39 is 0 Å². The summed E-state index contributed by atoms with van der Waals surface area (Å²) in [6.45, 7) is 3.09. The summed E-state index contributed by atoms with van der Waals surface area (Å²) < 4.78 is 28.0. The highest BCUT2D eigenvalue weighted by Gasteiger charge is 2.26. The molecule has 5 heteroatoms. The second-order valence-corrected chi connectivity index (χ2v) is 6.45. The van der Waals surface area contributed by atoms with E-state index in [-0.39, 0.29) is 11.9 Å². The molecule has 0 radical (unpaired) electrons. The normalized spacial score (nSPS) is 17.8. The minimum absolute atomic E-state index is 0.143. The molecule has 2 aliphatic heterocycles. The summed E-state index contributed by atoms with van der Waals surface area (Å²) in [4.78, 5) is 4.87. The molecule has 0 spiro atoms. The first-order chi connectivity index (χ1) is 12.7. The summed E-state index contributed by atoms with van der Waals surface area (Å²) in [7, 11) is 0. The highest BCUT2D eigenvalue weighted by molar-refractivity contribution is 6.13. The zero-order chi connectivity index (χ0) is 17.7. The first-order valence-corrected chi connectivity index (χ1v) is 8.67. The van der Waals surface area contributed by atoms with Crippen LogP contribution in [0, 0.1) is 5.82 Å². The Bertz CT molecular complexity index is 1040. The third-order valence-electron chi connectivity index (χ3n) is 4.84. The number of rotatable bonds is 1. The quantitative estimate of drug-likeness (QED) is 0.657. The Morgan fingerprint density at radius 3 is 2.62 bits per heavy atom. The molecule has 130 valence electrons. The van der Waals surface area contributed by atoms with E-state index in [4.69, 9.17) is 14.5 Å². The van der Waals surface area contributed by atoms with Gasteiger partial charge in [-0.3, -0.25) is 4.99 Å². The maximum absolute atomic E-state index is 14.5. The molecule has 0 fully saturated rings. The van der Waals surface area contributed by atoms with Crippen LogP contribution >= 0.6 is 0 Å². The second-order valence-electron chi connectivity index (χ2n) is 6.45. The van der Waals surface area contributed by atoms with Gasteiger partial charge in [-0.05, 0) is 37.3 Å². The third kappa shape index (κ3) is 2.24. The van der Waals surface area contributed by atoms with Crippen LogP contribution in [0.1, 0.15) is 29.8 Å². The van der Waals surface area contributed by atoms with Crippen LogP contribution in [0.3, 0.4) is 0 Å². The van der Waals surface area contributed by atoms with Gasteiger partial charge >= 0.3 is 0 Å². The summed E-state index contributed by atoms with van der Waals surface area (Å²) >= 11 is 0. The lowest BCUT2D eigenvalue weighted by molar-refractivity contribution is 0.171. The van der Waals surface area contributed by atoms with Gasteiger partial charge in [0.2, 0.25) is 0 Å². The lowest BCUT2D eigenvalue weighted by Gasteiger charge is -2.22. The van der Waals surface area contributed by atoms with Crippen LogP contribution < -0.4 is 9.47 Å². The Morgan fingerprint density at radius 2 is 1.81 bits per heavy atom. The number of ether oxygens (including phenoxy) is 2. The van der Waals surface area contributed by atoms with Gasteiger partial charge in [-0.2, -0.15) is 0 Å². The van der Waals surface area contributed by atoms with Crippen LogP contribution in [0.4, 0.5) is 4.39 Å². The first-order valence-electron chi connectivity index (χ1n) is 8.67. The van der Waals surface area contributed by atoms with Crippen molar-refractivity contribution in [3.63, 3.8) is 0 Å². The van der Waals surface area contributed by atoms with Gasteiger partial charge in [-0.15, -0.1) is 0 Å². The Hall–Kier alpha value is -3.08. The molecular weight excluding hydrogens is 331 g/mol. The fourth-order valence-corrected chi connectivity index (χ4v) is 3.61. The van der Waals surface area contributed by atoms with E-state index in [0.717, 1.165) is 28.4 Å².